The minimum atomic E-state index is -0.225. The Morgan fingerprint density at radius 3 is 2.12 bits per heavy atom. The molecule has 1 aliphatic carbocycles. The number of fused-ring (bicyclic) bond motifs is 1. The van der Waals surface area contributed by atoms with Crippen LogP contribution < -0.4 is 0 Å². The highest BCUT2D eigenvalue weighted by Gasteiger charge is 2.46. The number of likely N-dealkylation sites (tertiary alicyclic amines) is 1. The zero-order chi connectivity index (χ0) is 18.7. The summed E-state index contributed by atoms with van der Waals surface area (Å²) in [7, 11) is 1.76. The summed E-state index contributed by atoms with van der Waals surface area (Å²) in [6, 6.07) is 8.22. The van der Waals surface area contributed by atoms with E-state index in [1.165, 1.54) is 10.5 Å². The van der Waals surface area contributed by atoms with Crippen LogP contribution >= 0.6 is 0 Å². The molecule has 2 unspecified atom stereocenters. The Balaban J connectivity index is 1.53. The molecule has 3 amide bonds. The van der Waals surface area contributed by atoms with Crippen LogP contribution in [0.4, 0.5) is 0 Å². The molecule has 2 aliphatic rings. The van der Waals surface area contributed by atoms with E-state index in [1.54, 1.807) is 11.9 Å². The van der Waals surface area contributed by atoms with Crippen molar-refractivity contribution in [2.45, 2.75) is 39.2 Å². The Bertz CT molecular complexity index is 697. The van der Waals surface area contributed by atoms with Gasteiger partial charge in [-0.05, 0) is 30.4 Å². The average Bonchev–Trinajstić information content (AvgIpc) is 2.91. The van der Waals surface area contributed by atoms with Crippen LogP contribution in [0.2, 0.25) is 0 Å². The third kappa shape index (κ3) is 3.71. The van der Waals surface area contributed by atoms with Gasteiger partial charge in [0, 0.05) is 26.6 Å². The minimum Gasteiger partial charge on any atom is -0.341 e. The van der Waals surface area contributed by atoms with Crippen LogP contribution in [-0.2, 0) is 27.3 Å². The van der Waals surface area contributed by atoms with Crippen molar-refractivity contribution in [3.63, 3.8) is 0 Å². The van der Waals surface area contributed by atoms with Crippen molar-refractivity contribution in [2.24, 2.45) is 11.8 Å². The summed E-state index contributed by atoms with van der Waals surface area (Å²) in [5.41, 5.74) is 2.34. The fraction of sp³-hybridized carbons (Fsp3) is 0.476. The quantitative estimate of drug-likeness (QED) is 0.583. The summed E-state index contributed by atoms with van der Waals surface area (Å²) < 4.78 is 0. The number of benzene rings is 1. The number of amides is 3. The largest absolute Gasteiger partial charge is 0.341 e. The predicted octanol–water partition coefficient (Wildman–Crippen LogP) is 2.55. The first-order chi connectivity index (χ1) is 12.5. The standard InChI is InChI=1S/C21H26N2O3/c1-3-15-8-10-16(11-9-15)14-22(2)19(24)12-13-23-20(25)17-6-4-5-7-18(17)21(23)26/h4-5,8-11,17-18H,3,6-7,12-14H2,1-2H3. The molecule has 138 valence electrons. The smallest absolute Gasteiger partial charge is 0.233 e. The molecule has 5 nitrogen and oxygen atoms in total. The zero-order valence-corrected chi connectivity index (χ0v) is 15.5. The predicted molar refractivity (Wildman–Crippen MR) is 99.0 cm³/mol. The normalized spacial score (nSPS) is 21.8. The van der Waals surface area contributed by atoms with Crippen molar-refractivity contribution < 1.29 is 14.4 Å². The van der Waals surface area contributed by atoms with Crippen molar-refractivity contribution in [3.05, 3.63) is 47.5 Å². The summed E-state index contributed by atoms with van der Waals surface area (Å²) in [4.78, 5) is 40.2. The number of imide groups is 1. The summed E-state index contributed by atoms with van der Waals surface area (Å²) in [5, 5.41) is 0. The van der Waals surface area contributed by atoms with E-state index in [2.05, 4.69) is 19.1 Å². The number of allylic oxidation sites excluding steroid dienone is 2. The van der Waals surface area contributed by atoms with Crippen LogP contribution in [0.1, 0.15) is 37.3 Å². The van der Waals surface area contributed by atoms with Gasteiger partial charge in [0.25, 0.3) is 0 Å². The van der Waals surface area contributed by atoms with E-state index in [0.29, 0.717) is 19.4 Å². The second kappa shape index (κ2) is 7.85. The molecule has 5 heteroatoms. The lowest BCUT2D eigenvalue weighted by Crippen LogP contribution is -2.36. The van der Waals surface area contributed by atoms with E-state index in [4.69, 9.17) is 0 Å². The molecule has 1 heterocycles. The number of nitrogens with zero attached hydrogens (tertiary/aromatic N) is 2. The van der Waals surface area contributed by atoms with Crippen LogP contribution in [0.15, 0.2) is 36.4 Å². The van der Waals surface area contributed by atoms with Gasteiger partial charge in [-0.25, -0.2) is 0 Å². The van der Waals surface area contributed by atoms with E-state index < -0.39 is 0 Å². The highest BCUT2D eigenvalue weighted by atomic mass is 16.2. The number of rotatable bonds is 6. The van der Waals surface area contributed by atoms with Gasteiger partial charge in [-0.1, -0.05) is 43.3 Å². The second-order valence-corrected chi connectivity index (χ2v) is 7.15. The molecule has 0 radical (unpaired) electrons. The van der Waals surface area contributed by atoms with Gasteiger partial charge in [0.2, 0.25) is 17.7 Å². The number of hydrogen-bond acceptors (Lipinski definition) is 3. The average molecular weight is 354 g/mol. The van der Waals surface area contributed by atoms with Crippen LogP contribution in [-0.4, -0.2) is 41.1 Å². The topological polar surface area (TPSA) is 57.7 Å². The molecule has 0 saturated carbocycles. The van der Waals surface area contributed by atoms with Gasteiger partial charge in [0.15, 0.2) is 0 Å². The Hall–Kier alpha value is -2.43. The summed E-state index contributed by atoms with van der Waals surface area (Å²) in [5.74, 6) is -0.738. The van der Waals surface area contributed by atoms with E-state index in [9.17, 15) is 14.4 Å². The first kappa shape index (κ1) is 18.4. The third-order valence-corrected chi connectivity index (χ3v) is 5.42. The molecule has 2 atom stereocenters. The van der Waals surface area contributed by atoms with Gasteiger partial charge in [-0.3, -0.25) is 19.3 Å². The maximum Gasteiger partial charge on any atom is 0.233 e. The molecule has 0 N–H and O–H groups in total. The number of hydrogen-bond donors (Lipinski definition) is 0. The van der Waals surface area contributed by atoms with Gasteiger partial charge >= 0.3 is 0 Å². The molecule has 1 fully saturated rings. The number of carbonyl (C=O) groups excluding carboxylic acids is 3. The molecule has 0 bridgehead atoms. The molecular weight excluding hydrogens is 328 g/mol. The maximum absolute atomic E-state index is 12.4. The number of aryl methyl sites for hydroxylation is 1. The van der Waals surface area contributed by atoms with Crippen LogP contribution in [0.3, 0.4) is 0 Å². The SMILES string of the molecule is CCc1ccc(CN(C)C(=O)CCN2C(=O)C3CC=CCC3C2=O)cc1. The third-order valence-electron chi connectivity index (χ3n) is 5.42. The maximum atomic E-state index is 12.4. The molecule has 1 aromatic rings. The molecule has 0 aromatic heterocycles. The second-order valence-electron chi connectivity index (χ2n) is 7.15. The molecule has 3 rings (SSSR count). The van der Waals surface area contributed by atoms with Crippen molar-refractivity contribution >= 4 is 17.7 Å². The summed E-state index contributed by atoms with van der Waals surface area (Å²) >= 11 is 0. The number of carbonyl (C=O) groups is 3. The molecule has 1 aliphatic heterocycles. The fourth-order valence-corrected chi connectivity index (χ4v) is 3.73. The van der Waals surface area contributed by atoms with E-state index >= 15 is 0 Å². The molecule has 26 heavy (non-hydrogen) atoms. The zero-order valence-electron chi connectivity index (χ0n) is 15.5. The first-order valence-electron chi connectivity index (χ1n) is 9.33. The fourth-order valence-electron chi connectivity index (χ4n) is 3.73. The van der Waals surface area contributed by atoms with Crippen LogP contribution in [0.5, 0.6) is 0 Å². The van der Waals surface area contributed by atoms with Crippen molar-refractivity contribution in [1.82, 2.24) is 9.80 Å². The Morgan fingerprint density at radius 1 is 1.04 bits per heavy atom. The molecule has 0 spiro atoms. The van der Waals surface area contributed by atoms with Gasteiger partial charge < -0.3 is 4.90 Å². The van der Waals surface area contributed by atoms with Crippen molar-refractivity contribution in [1.29, 1.82) is 0 Å². The van der Waals surface area contributed by atoms with Crippen LogP contribution in [0, 0.1) is 11.8 Å². The van der Waals surface area contributed by atoms with Gasteiger partial charge in [-0.15, -0.1) is 0 Å². The Labute approximate surface area is 154 Å². The molecule has 1 aromatic carbocycles. The molecule has 1 saturated heterocycles. The minimum absolute atomic E-state index is 0.0573. The molecular formula is C21H26N2O3. The first-order valence-corrected chi connectivity index (χ1v) is 9.33. The summed E-state index contributed by atoms with van der Waals surface area (Å²) in [6.07, 6.45) is 6.37. The highest BCUT2D eigenvalue weighted by molar-refractivity contribution is 6.05. The monoisotopic (exact) mass is 354 g/mol. The van der Waals surface area contributed by atoms with E-state index in [-0.39, 0.29) is 42.5 Å². The van der Waals surface area contributed by atoms with Crippen molar-refractivity contribution in [3.8, 4) is 0 Å². The van der Waals surface area contributed by atoms with Crippen molar-refractivity contribution in [2.75, 3.05) is 13.6 Å². The van der Waals surface area contributed by atoms with Gasteiger partial charge in [0.05, 0.1) is 11.8 Å². The van der Waals surface area contributed by atoms with Gasteiger partial charge in [0.1, 0.15) is 0 Å². The van der Waals surface area contributed by atoms with E-state index in [0.717, 1.165) is 12.0 Å². The van der Waals surface area contributed by atoms with Gasteiger partial charge in [-0.2, -0.15) is 0 Å². The van der Waals surface area contributed by atoms with E-state index in [1.807, 2.05) is 24.3 Å². The Morgan fingerprint density at radius 2 is 1.58 bits per heavy atom. The van der Waals surface area contributed by atoms with Crippen LogP contribution in [0.25, 0.3) is 0 Å². The lowest BCUT2D eigenvalue weighted by atomic mass is 9.85. The Kier molecular flexibility index (Phi) is 5.55. The summed E-state index contributed by atoms with van der Waals surface area (Å²) in [6.45, 7) is 2.82. The highest BCUT2D eigenvalue weighted by Crippen LogP contribution is 2.35. The lowest BCUT2D eigenvalue weighted by Gasteiger charge is -2.20. The lowest BCUT2D eigenvalue weighted by molar-refractivity contribution is -0.140.